The maximum absolute atomic E-state index is 14.5. The number of aromatic nitrogens is 1. The Morgan fingerprint density at radius 3 is 2.17 bits per heavy atom. The Balaban J connectivity index is 0.575. The van der Waals surface area contributed by atoms with Crippen LogP contribution < -0.4 is 35.1 Å². The summed E-state index contributed by atoms with van der Waals surface area (Å²) in [7, 11) is 5.28. The highest BCUT2D eigenvalue weighted by atomic mass is 32.2. The molecule has 0 spiro atoms. The van der Waals surface area contributed by atoms with Gasteiger partial charge < -0.3 is 78.6 Å². The number of thiazole rings is 1. The Labute approximate surface area is 736 Å². The number of carbonyl (C=O) groups is 10. The molecule has 4 aromatic rings. The summed E-state index contributed by atoms with van der Waals surface area (Å²) >= 11 is 4.07. The largest absolute Gasteiger partial charge is 0.506 e. The number of esters is 1. The number of Topliss-reactive ketones (excluding diaryl/α,β-unsaturated/α-hetero) is 2. The van der Waals surface area contributed by atoms with Crippen LogP contribution in [0.3, 0.4) is 0 Å². The van der Waals surface area contributed by atoms with E-state index in [0.717, 1.165) is 80.2 Å². The van der Waals surface area contributed by atoms with Crippen molar-refractivity contribution in [1.29, 1.82) is 0 Å². The van der Waals surface area contributed by atoms with Crippen molar-refractivity contribution >= 4 is 117 Å². The summed E-state index contributed by atoms with van der Waals surface area (Å²) in [5.41, 5.74) is 5.73. The minimum Gasteiger partial charge on any atom is -0.506 e. The van der Waals surface area contributed by atoms with Crippen LogP contribution in [-0.4, -0.2) is 261 Å². The molecule has 10 atom stereocenters. The van der Waals surface area contributed by atoms with Gasteiger partial charge in [0.25, 0.3) is 17.7 Å². The van der Waals surface area contributed by atoms with E-state index in [9.17, 15) is 53.1 Å². The fourth-order valence-corrected chi connectivity index (χ4v) is 20.5. The second-order valence-corrected chi connectivity index (χ2v) is 36.7. The minimum atomic E-state index is -0.859. The Morgan fingerprint density at radius 2 is 1.46 bits per heavy atom. The highest BCUT2D eigenvalue weighted by molar-refractivity contribution is 8.20. The Hall–Kier alpha value is -8.76. The molecule has 0 radical (unpaired) electrons. The fourth-order valence-electron chi connectivity index (χ4n) is 16.6. The van der Waals surface area contributed by atoms with E-state index in [0.29, 0.717) is 121 Å². The number of aromatic hydroxyl groups is 1. The molecule has 32 heteroatoms. The van der Waals surface area contributed by atoms with Crippen LogP contribution in [0.2, 0.25) is 0 Å². The van der Waals surface area contributed by atoms with Crippen molar-refractivity contribution in [3.05, 3.63) is 105 Å². The molecule has 3 aromatic carbocycles. The van der Waals surface area contributed by atoms with Gasteiger partial charge in [-0.15, -0.1) is 34.9 Å². The van der Waals surface area contributed by atoms with E-state index in [2.05, 4.69) is 39.0 Å². The number of phenols is 1. The number of rotatable bonds is 49. The summed E-state index contributed by atoms with van der Waals surface area (Å²) < 4.78 is 47.0. The quantitative estimate of drug-likeness (QED) is 0.0138. The first-order valence-corrected chi connectivity index (χ1v) is 46.4. The number of aliphatic imine (C=N–C) groups is 1. The molecule has 6 aliphatic heterocycles. The summed E-state index contributed by atoms with van der Waals surface area (Å²) in [6.45, 7) is 26.1. The summed E-state index contributed by atoms with van der Waals surface area (Å²) in [5.74, 6) is -1.31. The summed E-state index contributed by atoms with van der Waals surface area (Å²) in [6.07, 6.45) is 10.8. The highest BCUT2D eigenvalue weighted by Gasteiger charge is 2.43. The zero-order valence-corrected chi connectivity index (χ0v) is 75.6. The molecule has 1 aromatic heterocycles. The van der Waals surface area contributed by atoms with Gasteiger partial charge in [0.05, 0.1) is 131 Å². The normalized spacial score (nSPS) is 19.4. The van der Waals surface area contributed by atoms with Gasteiger partial charge in [0.15, 0.2) is 23.4 Å². The maximum Gasteiger partial charge on any atom is 0.303 e. The van der Waals surface area contributed by atoms with Gasteiger partial charge in [-0.2, -0.15) is 0 Å². The number of likely N-dealkylation sites (N-methyl/N-ethyl adjacent to an activating group) is 1. The van der Waals surface area contributed by atoms with Crippen molar-refractivity contribution in [1.82, 2.24) is 35.2 Å². The zero-order valence-electron chi connectivity index (χ0n) is 73.2. The molecule has 0 aliphatic carbocycles. The van der Waals surface area contributed by atoms with Crippen LogP contribution in [0.5, 0.6) is 23.0 Å². The monoisotopic (exact) mass is 1760 g/mol. The molecule has 7 amide bonds. The van der Waals surface area contributed by atoms with Crippen molar-refractivity contribution in [3.63, 3.8) is 0 Å². The first-order chi connectivity index (χ1) is 59.1. The lowest BCUT2D eigenvalue weighted by molar-refractivity contribution is -0.149. The number of carbonyl (C=O) groups excluding carboxylic acids is 10. The average Bonchev–Trinajstić information content (AvgIpc) is 1.63. The Bertz CT molecular complexity index is 4410. The smallest absolute Gasteiger partial charge is 0.303 e. The number of nitrogens with one attached hydrogen (secondary N) is 3. The standard InChI is InChI=1S/C91H126N10O19S3/c1-13-21-63(94-86(108)71-54-121-88(96-71)81(120-61(9)102)48-73(56(3)4)98(11)89(110)66(59(7)14-2)45-77(105)72-22-16-17-29-97(72)10)43-62-24-25-75(103)70(44-62)95-82(106)26-33-115-38-39-117-35-28-92-87(109)85-84(122-55-123-85)76(104)23-20-30-114-36-37-116-34-27-83(107)101-53-65-41-58(6)52-100(65)91(112)68-42-60(8)78(49-74(68)101)118-31-18-15-19-32-119-80-47-69-67(46-79(80)113-12)90(111)99-51-57(5)40-64(99)50-93-69/h24-25,42,44,46-47,49-50,54,56,59,63-66,72-73,81,84-85,103H,5-6,13-23,26-41,43,45,48,51-53,55H2,1-4,7-12H3,(H,92,109)(H,94,108)(H,95,106)/t59-,63-,64-,65-,66-,72+,73+,81+,84?,85?/m0/s1. The molecule has 123 heavy (non-hydrogen) atoms. The maximum atomic E-state index is 14.5. The van der Waals surface area contributed by atoms with E-state index in [1.807, 2.05) is 54.7 Å². The molecule has 0 saturated carbocycles. The second-order valence-electron chi connectivity index (χ2n) is 33.2. The number of aryl methyl sites for hydroxylation is 1. The van der Waals surface area contributed by atoms with Crippen LogP contribution in [0, 0.1) is 24.7 Å². The number of thioether (sulfide) groups is 2. The van der Waals surface area contributed by atoms with Crippen molar-refractivity contribution < 1.29 is 90.9 Å². The summed E-state index contributed by atoms with van der Waals surface area (Å²) in [4.78, 5) is 155. The van der Waals surface area contributed by atoms with Gasteiger partial charge in [0.1, 0.15) is 33.2 Å². The minimum absolute atomic E-state index is 0.0155. The van der Waals surface area contributed by atoms with Crippen LogP contribution in [-0.2, 0) is 63.7 Å². The predicted molar refractivity (Wildman–Crippen MR) is 476 cm³/mol. The van der Waals surface area contributed by atoms with Crippen molar-refractivity contribution in [2.75, 3.05) is 135 Å². The lowest BCUT2D eigenvalue weighted by atomic mass is 9.83. The molecule has 2 unspecified atom stereocenters. The predicted octanol–water partition coefficient (Wildman–Crippen LogP) is 12.2. The van der Waals surface area contributed by atoms with Gasteiger partial charge in [0.2, 0.25) is 23.6 Å². The van der Waals surface area contributed by atoms with E-state index < -0.39 is 46.3 Å². The molecule has 672 valence electrons. The van der Waals surface area contributed by atoms with Crippen molar-refractivity contribution in [2.45, 2.75) is 211 Å². The van der Waals surface area contributed by atoms with Crippen molar-refractivity contribution in [3.8, 4) is 23.0 Å². The Kier molecular flexibility index (Phi) is 37.3. The van der Waals surface area contributed by atoms with E-state index >= 15 is 0 Å². The molecular weight excluding hydrogens is 1630 g/mol. The molecule has 6 aliphatic rings. The molecule has 4 N–H and O–H groups in total. The lowest BCUT2D eigenvalue weighted by Crippen LogP contribution is -2.48. The zero-order chi connectivity index (χ0) is 88.4. The number of ether oxygens (including phenoxy) is 8. The van der Waals surface area contributed by atoms with E-state index in [1.165, 1.54) is 47.9 Å². The van der Waals surface area contributed by atoms with Gasteiger partial charge in [-0.25, -0.2) is 4.98 Å². The lowest BCUT2D eigenvalue weighted by Gasteiger charge is -2.37. The number of likely N-dealkylation sites (tertiary alicyclic amines) is 1. The number of methoxy groups -OCH3 is 1. The van der Waals surface area contributed by atoms with Crippen molar-refractivity contribution in [2.24, 2.45) is 22.7 Å². The first-order valence-electron chi connectivity index (χ1n) is 43.5. The number of phenolic OH excluding ortho intramolecular Hbond substituents is 1. The average molecular weight is 1760 g/mol. The van der Waals surface area contributed by atoms with E-state index in [-0.39, 0.29) is 179 Å². The summed E-state index contributed by atoms with van der Waals surface area (Å²) in [5, 5.41) is 21.1. The second kappa shape index (κ2) is 47.5. The molecular formula is C91H126N10O19S3. The fraction of sp³-hybridized carbons (Fsp3) is 0.604. The van der Waals surface area contributed by atoms with Gasteiger partial charge in [-0.3, -0.25) is 57.8 Å². The van der Waals surface area contributed by atoms with Crippen LogP contribution in [0.1, 0.15) is 204 Å². The molecule has 29 nitrogen and oxygen atoms in total. The number of unbranched alkanes of at least 4 members (excludes halogenated alkanes) is 2. The number of anilines is 2. The van der Waals surface area contributed by atoms with Gasteiger partial charge in [0, 0.05) is 113 Å². The third-order valence-corrected chi connectivity index (χ3v) is 27.5. The number of benzene rings is 3. The highest BCUT2D eigenvalue weighted by Crippen LogP contribution is 2.43. The van der Waals surface area contributed by atoms with Crippen LogP contribution in [0.4, 0.5) is 17.1 Å². The molecule has 10 rings (SSSR count). The summed E-state index contributed by atoms with van der Waals surface area (Å²) in [6, 6.07) is 10.7. The molecule has 7 heterocycles. The number of fused-ring (bicyclic) bond motifs is 4. The molecule has 4 fully saturated rings. The van der Waals surface area contributed by atoms with E-state index in [4.69, 9.17) is 42.9 Å². The number of piperidine rings is 1. The van der Waals surface area contributed by atoms with E-state index in [1.54, 1.807) is 75.7 Å². The van der Waals surface area contributed by atoms with Crippen LogP contribution >= 0.6 is 34.9 Å². The van der Waals surface area contributed by atoms with Gasteiger partial charge in [-0.1, -0.05) is 84.3 Å². The van der Waals surface area contributed by atoms with Crippen LogP contribution in [0.15, 0.2) is 77.1 Å². The third kappa shape index (κ3) is 26.9. The first kappa shape index (κ1) is 96.5. The molecule has 4 saturated heterocycles. The SMILES string of the molecule is C=C1C[C@H]2CN(C(=O)CCOCCOCCCC(=O)C3SCSC3C(=O)NCCOCCOCCC(=O)Nc3cc(C[C@H](CCC)NC(=O)c4csc([C@@H](C[C@H](C(C)C)N(C)C(=O)[C@@H](CC(=O)[C@H]5CCCCN5C)[C@@H](C)CC)OC(C)=O)n4)ccc3O)c3cc(OCCCCCOc4cc5c(cc4OC)C(=O)N4CC(=C)C[C@H]4C=N5)c(C)cc3C(=O)N2C1. The topological polar surface area (TPSA) is 342 Å². The number of amides is 7. The molecule has 0 bridgehead atoms. The number of nitrogens with zero attached hydrogens (tertiary/aromatic N) is 7. The Morgan fingerprint density at radius 1 is 0.756 bits per heavy atom. The van der Waals surface area contributed by atoms with Crippen LogP contribution in [0.25, 0.3) is 0 Å². The van der Waals surface area contributed by atoms with Gasteiger partial charge in [-0.05, 0) is 132 Å². The number of hydrogen-bond acceptors (Lipinski definition) is 25. The third-order valence-electron chi connectivity index (χ3n) is 23.6. The number of hydrogen-bond donors (Lipinski definition) is 4. The van der Waals surface area contributed by atoms with Gasteiger partial charge >= 0.3 is 5.97 Å². The number of ketones is 2.